The summed E-state index contributed by atoms with van der Waals surface area (Å²) in [7, 11) is 1.62. The fourth-order valence-corrected chi connectivity index (χ4v) is 1.90. The van der Waals surface area contributed by atoms with E-state index >= 15 is 0 Å². The maximum Gasteiger partial charge on any atom is 0.373 e. The minimum atomic E-state index is -0.533. The highest BCUT2D eigenvalue weighted by Gasteiger charge is 2.17. The van der Waals surface area contributed by atoms with Gasteiger partial charge in [0, 0.05) is 13.5 Å². The van der Waals surface area contributed by atoms with Crippen molar-refractivity contribution >= 4 is 5.97 Å². The van der Waals surface area contributed by atoms with Crippen LogP contribution in [0.25, 0.3) is 11.1 Å². The van der Waals surface area contributed by atoms with Crippen LogP contribution in [-0.4, -0.2) is 18.7 Å². The third-order valence-electron chi connectivity index (χ3n) is 3.52. The molecule has 0 aliphatic rings. The van der Waals surface area contributed by atoms with Gasteiger partial charge in [0.1, 0.15) is 6.61 Å². The molecular weight excluding hydrogens is 292 g/mol. The Morgan fingerprint density at radius 2 is 1.74 bits per heavy atom. The zero-order valence-electron chi connectivity index (χ0n) is 13.6. The van der Waals surface area contributed by atoms with Crippen LogP contribution in [0, 0.1) is 6.61 Å². The lowest BCUT2D eigenvalue weighted by molar-refractivity contribution is -0.218. The fraction of sp³-hybridized carbons (Fsp3) is 0.263. The highest BCUT2D eigenvalue weighted by molar-refractivity contribution is 5.90. The molecule has 2 rings (SSSR count). The summed E-state index contributed by atoms with van der Waals surface area (Å²) in [5.41, 5.74) is 2.06. The molecule has 0 saturated carbocycles. The fourth-order valence-electron chi connectivity index (χ4n) is 1.90. The molecule has 0 spiro atoms. The lowest BCUT2D eigenvalue weighted by atomic mass is 10.0. The van der Waals surface area contributed by atoms with Gasteiger partial charge in [-0.1, -0.05) is 42.5 Å². The third-order valence-corrected chi connectivity index (χ3v) is 3.52. The molecule has 4 nitrogen and oxygen atoms in total. The topological polar surface area (TPSA) is 44.8 Å². The van der Waals surface area contributed by atoms with Crippen molar-refractivity contribution in [2.24, 2.45) is 0 Å². The molecular formula is C19H21O4. The monoisotopic (exact) mass is 313 g/mol. The maximum atomic E-state index is 12.0. The summed E-state index contributed by atoms with van der Waals surface area (Å²) in [5, 5.41) is 0. The van der Waals surface area contributed by atoms with Crippen molar-refractivity contribution in [1.29, 1.82) is 0 Å². The molecule has 2 aromatic carbocycles. The van der Waals surface area contributed by atoms with Gasteiger partial charge in [-0.15, -0.1) is 0 Å². The van der Waals surface area contributed by atoms with Gasteiger partial charge in [0.2, 0.25) is 0 Å². The Morgan fingerprint density at radius 1 is 1.04 bits per heavy atom. The van der Waals surface area contributed by atoms with Gasteiger partial charge < -0.3 is 4.74 Å². The van der Waals surface area contributed by atoms with Gasteiger partial charge in [-0.25, -0.2) is 4.79 Å². The van der Waals surface area contributed by atoms with Crippen molar-refractivity contribution in [1.82, 2.24) is 0 Å². The average molecular weight is 313 g/mol. The van der Waals surface area contributed by atoms with Crippen molar-refractivity contribution in [2.45, 2.75) is 25.9 Å². The highest BCUT2D eigenvalue weighted by Crippen LogP contribution is 2.21. The zero-order chi connectivity index (χ0) is 16.7. The second kappa shape index (κ2) is 7.90. The molecule has 0 amide bonds. The zero-order valence-corrected chi connectivity index (χ0v) is 13.6. The molecule has 0 N–H and O–H groups in total. The van der Waals surface area contributed by atoms with Crippen LogP contribution in [0.15, 0.2) is 54.6 Å². The molecule has 0 unspecified atom stereocenters. The van der Waals surface area contributed by atoms with Gasteiger partial charge in [-0.2, -0.15) is 4.89 Å². The Labute approximate surface area is 136 Å². The van der Waals surface area contributed by atoms with Crippen molar-refractivity contribution in [3.63, 3.8) is 0 Å². The van der Waals surface area contributed by atoms with Crippen LogP contribution in [0.4, 0.5) is 0 Å². The molecule has 0 aromatic heterocycles. The summed E-state index contributed by atoms with van der Waals surface area (Å²) < 4.78 is 5.24. The SMILES string of the molecule is COC(C)(C)C[CH]OOC(=O)c1cccc(-c2ccccc2)c1. The predicted molar refractivity (Wildman–Crippen MR) is 88.4 cm³/mol. The lowest BCUT2D eigenvalue weighted by Gasteiger charge is -2.21. The minimum Gasteiger partial charge on any atom is -0.379 e. The molecule has 0 aliphatic heterocycles. The summed E-state index contributed by atoms with van der Waals surface area (Å²) in [6.45, 7) is 5.25. The number of rotatable bonds is 7. The van der Waals surface area contributed by atoms with E-state index in [9.17, 15) is 4.79 Å². The molecule has 0 aliphatic carbocycles. The Balaban J connectivity index is 1.93. The summed E-state index contributed by atoms with van der Waals surface area (Å²) in [5.74, 6) is -0.533. The van der Waals surface area contributed by atoms with Crippen molar-refractivity contribution < 1.29 is 19.3 Å². The normalized spacial score (nSPS) is 11.3. The van der Waals surface area contributed by atoms with E-state index in [1.165, 1.54) is 6.61 Å². The van der Waals surface area contributed by atoms with Gasteiger partial charge in [-0.3, -0.25) is 4.89 Å². The van der Waals surface area contributed by atoms with Gasteiger partial charge >= 0.3 is 5.97 Å². The van der Waals surface area contributed by atoms with E-state index in [1.807, 2.05) is 56.3 Å². The van der Waals surface area contributed by atoms with E-state index < -0.39 is 5.97 Å². The molecule has 0 atom stereocenters. The predicted octanol–water partition coefficient (Wildman–Crippen LogP) is 4.42. The maximum absolute atomic E-state index is 12.0. The lowest BCUT2D eigenvalue weighted by Crippen LogP contribution is -2.22. The average Bonchev–Trinajstić information content (AvgIpc) is 2.59. The molecule has 0 fully saturated rings. The van der Waals surface area contributed by atoms with Crippen LogP contribution in [0.1, 0.15) is 30.6 Å². The summed E-state index contributed by atoms with van der Waals surface area (Å²) >= 11 is 0. The first kappa shape index (κ1) is 17.2. The van der Waals surface area contributed by atoms with Crippen molar-refractivity contribution in [3.05, 3.63) is 66.8 Å². The second-order valence-electron chi connectivity index (χ2n) is 5.75. The van der Waals surface area contributed by atoms with Gasteiger partial charge in [-0.05, 0) is 37.1 Å². The van der Waals surface area contributed by atoms with E-state index in [1.54, 1.807) is 19.2 Å². The molecule has 2 aromatic rings. The number of ether oxygens (including phenoxy) is 1. The van der Waals surface area contributed by atoms with Crippen molar-refractivity contribution in [3.8, 4) is 11.1 Å². The Hall–Kier alpha value is -2.17. The third kappa shape index (κ3) is 5.20. The number of hydrogen-bond acceptors (Lipinski definition) is 4. The van der Waals surface area contributed by atoms with Gasteiger partial charge in [0.15, 0.2) is 0 Å². The number of methoxy groups -OCH3 is 1. The molecule has 0 saturated heterocycles. The van der Waals surface area contributed by atoms with E-state index in [-0.39, 0.29) is 5.60 Å². The van der Waals surface area contributed by atoms with E-state index in [4.69, 9.17) is 14.5 Å². The molecule has 0 heterocycles. The number of carbonyl (C=O) groups excluding carboxylic acids is 1. The Bertz CT molecular complexity index is 635. The van der Waals surface area contributed by atoms with Crippen LogP contribution in [0.2, 0.25) is 0 Å². The Kier molecular flexibility index (Phi) is 5.90. The van der Waals surface area contributed by atoms with Crippen LogP contribution in [-0.2, 0) is 14.5 Å². The number of benzene rings is 2. The second-order valence-corrected chi connectivity index (χ2v) is 5.75. The molecule has 0 bridgehead atoms. The standard InChI is InChI=1S/C19H21O4/c1-19(2,21-3)12-13-22-23-18(20)17-11-7-10-16(14-17)15-8-5-4-6-9-15/h4-11,13-14H,12H2,1-3H3. The number of hydrogen-bond donors (Lipinski definition) is 0. The smallest absolute Gasteiger partial charge is 0.373 e. The molecule has 121 valence electrons. The first-order chi connectivity index (χ1) is 11.0. The first-order valence-electron chi connectivity index (χ1n) is 7.42. The van der Waals surface area contributed by atoms with Crippen LogP contribution in [0.3, 0.4) is 0 Å². The number of carbonyl (C=O) groups is 1. The highest BCUT2D eigenvalue weighted by atomic mass is 17.2. The minimum absolute atomic E-state index is 0.361. The molecule has 1 radical (unpaired) electrons. The van der Waals surface area contributed by atoms with Crippen LogP contribution < -0.4 is 0 Å². The Morgan fingerprint density at radius 3 is 2.43 bits per heavy atom. The van der Waals surface area contributed by atoms with Gasteiger partial charge in [0.25, 0.3) is 0 Å². The van der Waals surface area contributed by atoms with E-state index in [0.29, 0.717) is 12.0 Å². The summed E-state index contributed by atoms with van der Waals surface area (Å²) in [6.07, 6.45) is 0.501. The largest absolute Gasteiger partial charge is 0.379 e. The summed E-state index contributed by atoms with van der Waals surface area (Å²) in [6, 6.07) is 17.1. The quantitative estimate of drug-likeness (QED) is 0.431. The van der Waals surface area contributed by atoms with Crippen LogP contribution in [0.5, 0.6) is 0 Å². The van der Waals surface area contributed by atoms with Crippen molar-refractivity contribution in [2.75, 3.05) is 7.11 Å². The summed E-state index contributed by atoms with van der Waals surface area (Å²) in [4.78, 5) is 21.7. The first-order valence-corrected chi connectivity index (χ1v) is 7.42. The van der Waals surface area contributed by atoms with E-state index in [0.717, 1.165) is 11.1 Å². The molecule has 4 heteroatoms. The van der Waals surface area contributed by atoms with E-state index in [2.05, 4.69) is 0 Å². The van der Waals surface area contributed by atoms with Crippen LogP contribution >= 0.6 is 0 Å². The molecule has 23 heavy (non-hydrogen) atoms. The van der Waals surface area contributed by atoms with Gasteiger partial charge in [0.05, 0.1) is 11.2 Å².